The molecule has 0 saturated heterocycles. The predicted octanol–water partition coefficient (Wildman–Crippen LogP) is 3.08. The van der Waals surface area contributed by atoms with E-state index in [4.69, 9.17) is 0 Å². The van der Waals surface area contributed by atoms with Crippen LogP contribution in [0.2, 0.25) is 0 Å². The quantitative estimate of drug-likeness (QED) is 0.394. The minimum atomic E-state index is -0.958. The van der Waals surface area contributed by atoms with Crippen LogP contribution in [0.1, 0.15) is 54.6 Å². The summed E-state index contributed by atoms with van der Waals surface area (Å²) in [7, 11) is 1.48. The minimum absolute atomic E-state index is 0.109. The number of nitrogens with one attached hydrogen (secondary N) is 3. The van der Waals surface area contributed by atoms with Crippen molar-refractivity contribution in [2.24, 2.45) is 5.92 Å². The zero-order valence-corrected chi connectivity index (χ0v) is 20.5. The van der Waals surface area contributed by atoms with Gasteiger partial charge in [-0.05, 0) is 24.3 Å². The van der Waals surface area contributed by atoms with E-state index >= 15 is 0 Å². The highest BCUT2D eigenvalue weighted by atomic mass is 32.1. The van der Waals surface area contributed by atoms with Crippen LogP contribution in [0.4, 0.5) is 9.93 Å². The lowest BCUT2D eigenvalue weighted by Crippen LogP contribution is -2.47. The average molecular weight is 502 g/mol. The summed E-state index contributed by atoms with van der Waals surface area (Å²) in [5, 5.41) is 19.2. The number of hydrogen-bond donors (Lipinski definition) is 4. The number of nitrogens with zero attached hydrogens (tertiary/aromatic N) is 2. The van der Waals surface area contributed by atoms with E-state index in [9.17, 15) is 24.3 Å². The Morgan fingerprint density at radius 1 is 1.14 bits per heavy atom. The van der Waals surface area contributed by atoms with Crippen LogP contribution in [0.3, 0.4) is 0 Å². The van der Waals surface area contributed by atoms with E-state index < -0.39 is 29.9 Å². The third-order valence-electron chi connectivity index (χ3n) is 5.93. The molecule has 1 aromatic carbocycles. The van der Waals surface area contributed by atoms with Crippen molar-refractivity contribution in [3.63, 3.8) is 0 Å². The molecular formula is C24H31N5O5S. The van der Waals surface area contributed by atoms with Crippen LogP contribution < -0.4 is 16.0 Å². The Kier molecular flexibility index (Phi) is 9.59. The number of anilines is 1. The molecule has 1 unspecified atom stereocenters. The molecule has 1 fully saturated rings. The molecule has 35 heavy (non-hydrogen) atoms. The lowest BCUT2D eigenvalue weighted by molar-refractivity contribution is -0.138. The number of benzene rings is 1. The van der Waals surface area contributed by atoms with Crippen molar-refractivity contribution >= 4 is 40.3 Å². The monoisotopic (exact) mass is 501 g/mol. The average Bonchev–Trinajstić information content (AvgIpc) is 3.31. The zero-order chi connectivity index (χ0) is 25.2. The van der Waals surface area contributed by atoms with Crippen molar-refractivity contribution in [2.45, 2.75) is 51.1 Å². The van der Waals surface area contributed by atoms with Crippen LogP contribution in [0.15, 0.2) is 35.7 Å². The smallest absolute Gasteiger partial charge is 0.321 e. The van der Waals surface area contributed by atoms with Crippen molar-refractivity contribution in [1.82, 2.24) is 20.5 Å². The molecule has 0 radical (unpaired) electrons. The van der Waals surface area contributed by atoms with Crippen molar-refractivity contribution in [3.05, 3.63) is 47.0 Å². The molecule has 1 aromatic heterocycles. The molecule has 1 aliphatic carbocycles. The first-order valence-electron chi connectivity index (χ1n) is 11.6. The number of urea groups is 1. The molecule has 1 saturated carbocycles. The Bertz CT molecular complexity index is 1020. The number of amides is 4. The molecule has 1 aliphatic rings. The maximum Gasteiger partial charge on any atom is 0.321 e. The predicted molar refractivity (Wildman–Crippen MR) is 132 cm³/mol. The van der Waals surface area contributed by atoms with Crippen molar-refractivity contribution in [1.29, 1.82) is 0 Å². The molecule has 0 spiro atoms. The fraction of sp³-hybridized carbons (Fsp3) is 0.458. The number of carbonyl (C=O) groups is 4. The number of carboxylic acids is 1. The minimum Gasteiger partial charge on any atom is -0.481 e. The summed E-state index contributed by atoms with van der Waals surface area (Å²) < 4.78 is 0. The molecule has 2 aromatic rings. The van der Waals surface area contributed by atoms with Gasteiger partial charge < -0.3 is 20.6 Å². The van der Waals surface area contributed by atoms with Crippen molar-refractivity contribution in [2.75, 3.05) is 18.9 Å². The van der Waals surface area contributed by atoms with Crippen LogP contribution in [0.5, 0.6) is 0 Å². The molecule has 0 aliphatic heterocycles. The Labute approximate surface area is 208 Å². The number of likely N-dealkylation sites (N-methyl/N-ethyl adjacent to an activating group) is 1. The fourth-order valence-electron chi connectivity index (χ4n) is 4.14. The summed E-state index contributed by atoms with van der Waals surface area (Å²) >= 11 is 1.10. The molecule has 1 heterocycles. The molecule has 11 heteroatoms. The summed E-state index contributed by atoms with van der Waals surface area (Å²) in [6, 6.07) is 8.55. The second kappa shape index (κ2) is 12.8. The van der Waals surface area contributed by atoms with E-state index in [1.54, 1.807) is 0 Å². The standard InChI is InChI=1S/C24H31N5O5S/c1-29(14-20(30)26-18(12-21(31)32)17-10-6-3-7-11-17)22(33)19-15-35-24(27-19)28-23(34)25-13-16-8-4-2-5-9-16/h2,4-5,8-9,15,17-18H,3,6-7,10-14H2,1H3,(H,26,30)(H,31,32)(H2,25,27,28,34). The molecule has 10 nitrogen and oxygen atoms in total. The van der Waals surface area contributed by atoms with Gasteiger partial charge in [0.05, 0.1) is 13.0 Å². The number of carboxylic acid groups (broad SMARTS) is 1. The Balaban J connectivity index is 1.49. The van der Waals surface area contributed by atoms with E-state index in [0.29, 0.717) is 6.54 Å². The van der Waals surface area contributed by atoms with Gasteiger partial charge in [0.15, 0.2) is 5.13 Å². The van der Waals surface area contributed by atoms with Crippen LogP contribution in [-0.2, 0) is 16.1 Å². The van der Waals surface area contributed by atoms with Gasteiger partial charge in [-0.2, -0.15) is 0 Å². The van der Waals surface area contributed by atoms with Crippen molar-refractivity contribution in [3.8, 4) is 0 Å². The third-order valence-corrected chi connectivity index (χ3v) is 6.68. The van der Waals surface area contributed by atoms with Crippen molar-refractivity contribution < 1.29 is 24.3 Å². The number of hydrogen-bond acceptors (Lipinski definition) is 6. The van der Waals surface area contributed by atoms with Gasteiger partial charge in [-0.15, -0.1) is 11.3 Å². The van der Waals surface area contributed by atoms with Gasteiger partial charge in [-0.25, -0.2) is 9.78 Å². The lowest BCUT2D eigenvalue weighted by Gasteiger charge is -2.30. The molecule has 0 bridgehead atoms. The maximum absolute atomic E-state index is 12.7. The molecule has 1 atom stereocenters. The highest BCUT2D eigenvalue weighted by Gasteiger charge is 2.28. The van der Waals surface area contributed by atoms with Gasteiger partial charge in [-0.1, -0.05) is 49.6 Å². The zero-order valence-electron chi connectivity index (χ0n) is 19.7. The normalized spacial score (nSPS) is 14.5. The second-order valence-corrected chi connectivity index (χ2v) is 9.52. The number of carbonyl (C=O) groups excluding carboxylic acids is 3. The molecule has 4 N–H and O–H groups in total. The first kappa shape index (κ1) is 26.1. The van der Waals surface area contributed by atoms with E-state index in [-0.39, 0.29) is 29.7 Å². The van der Waals surface area contributed by atoms with Crippen LogP contribution in [0, 0.1) is 5.92 Å². The fourth-order valence-corrected chi connectivity index (χ4v) is 4.82. The summed E-state index contributed by atoms with van der Waals surface area (Å²) in [5.74, 6) is -1.71. The van der Waals surface area contributed by atoms with Gasteiger partial charge in [0, 0.05) is 25.0 Å². The summed E-state index contributed by atoms with van der Waals surface area (Å²) in [6.07, 6.45) is 4.82. The largest absolute Gasteiger partial charge is 0.481 e. The van der Waals surface area contributed by atoms with Gasteiger partial charge >= 0.3 is 12.0 Å². The number of thiazole rings is 1. The van der Waals surface area contributed by atoms with Crippen LogP contribution in [-0.4, -0.2) is 58.4 Å². The molecular weight excluding hydrogens is 470 g/mol. The van der Waals surface area contributed by atoms with E-state index in [1.807, 2.05) is 30.3 Å². The second-order valence-electron chi connectivity index (χ2n) is 8.66. The summed E-state index contributed by atoms with van der Waals surface area (Å²) in [6.45, 7) is 0.130. The first-order chi connectivity index (χ1) is 16.8. The number of rotatable bonds is 10. The molecule has 188 valence electrons. The Morgan fingerprint density at radius 3 is 2.54 bits per heavy atom. The van der Waals surface area contributed by atoms with Crippen LogP contribution >= 0.6 is 11.3 Å². The van der Waals surface area contributed by atoms with E-state index in [0.717, 1.165) is 49.0 Å². The maximum atomic E-state index is 12.7. The van der Waals surface area contributed by atoms with Gasteiger partial charge in [0.2, 0.25) is 5.91 Å². The summed E-state index contributed by atoms with van der Waals surface area (Å²) in [4.78, 5) is 54.1. The van der Waals surface area contributed by atoms with Crippen LogP contribution in [0.25, 0.3) is 0 Å². The van der Waals surface area contributed by atoms with Gasteiger partial charge in [0.1, 0.15) is 5.69 Å². The molecule has 3 rings (SSSR count). The molecule has 4 amide bonds. The number of aromatic nitrogens is 1. The SMILES string of the molecule is CN(CC(=O)NC(CC(=O)O)C1CCCCC1)C(=O)c1csc(NC(=O)NCc2ccccc2)n1. The van der Waals surface area contributed by atoms with Gasteiger partial charge in [-0.3, -0.25) is 19.7 Å². The lowest BCUT2D eigenvalue weighted by atomic mass is 9.82. The van der Waals surface area contributed by atoms with E-state index in [1.165, 1.54) is 17.3 Å². The topological polar surface area (TPSA) is 141 Å². The Morgan fingerprint density at radius 2 is 1.86 bits per heavy atom. The van der Waals surface area contributed by atoms with E-state index in [2.05, 4.69) is 20.9 Å². The number of aliphatic carboxylic acids is 1. The third kappa shape index (κ3) is 8.36. The Hall–Kier alpha value is -3.47. The van der Waals surface area contributed by atoms with Gasteiger partial charge in [0.25, 0.3) is 5.91 Å². The highest BCUT2D eigenvalue weighted by molar-refractivity contribution is 7.14. The highest BCUT2D eigenvalue weighted by Crippen LogP contribution is 2.28. The summed E-state index contributed by atoms with van der Waals surface area (Å²) in [5.41, 5.74) is 1.06. The first-order valence-corrected chi connectivity index (χ1v) is 12.5.